The van der Waals surface area contributed by atoms with Crippen LogP contribution >= 0.6 is 31.9 Å². The van der Waals surface area contributed by atoms with Crippen LogP contribution in [0.1, 0.15) is 31.9 Å². The fourth-order valence-corrected chi connectivity index (χ4v) is 6.51. The van der Waals surface area contributed by atoms with Gasteiger partial charge in [0, 0.05) is 0 Å². The molecule has 4 aromatic carbocycles. The predicted molar refractivity (Wildman–Crippen MR) is 118 cm³/mol. The first-order valence-electron chi connectivity index (χ1n) is 8.82. The number of rotatable bonds is 0. The standard InChI is InChI=1S/C24H14Br2/c25-23-17-11-3-7-13-5-1-9-15(19(13)17)21(23)22-16-10-2-6-14-8-4-12-18(20(14)16)24(22)26/h1-12,23-24H/b22-21-. The Morgan fingerprint density at radius 1 is 0.500 bits per heavy atom. The number of alkyl halides is 2. The summed E-state index contributed by atoms with van der Waals surface area (Å²) < 4.78 is 0. The molecule has 2 heteroatoms. The summed E-state index contributed by atoms with van der Waals surface area (Å²) in [5, 5.41) is 5.42. The van der Waals surface area contributed by atoms with Crippen LogP contribution in [0.3, 0.4) is 0 Å². The highest BCUT2D eigenvalue weighted by Gasteiger charge is 2.36. The van der Waals surface area contributed by atoms with Crippen LogP contribution in [0.25, 0.3) is 32.7 Å². The van der Waals surface area contributed by atoms with E-state index in [9.17, 15) is 0 Å². The molecule has 0 saturated heterocycles. The topological polar surface area (TPSA) is 0 Å². The second-order valence-electron chi connectivity index (χ2n) is 7.05. The fraction of sp³-hybridized carbons (Fsp3) is 0.0833. The fourth-order valence-electron chi connectivity index (χ4n) is 4.76. The minimum Gasteiger partial charge on any atom is -0.0786 e. The SMILES string of the molecule is BrC1/C(=C2/c3cccc4cccc(c34)C2Br)c2cccc3cccc1c23. The molecule has 0 amide bonds. The molecule has 2 unspecified atom stereocenters. The lowest BCUT2D eigenvalue weighted by atomic mass is 9.95. The highest BCUT2D eigenvalue weighted by atomic mass is 79.9. The van der Waals surface area contributed by atoms with Crippen molar-refractivity contribution in [3.63, 3.8) is 0 Å². The highest BCUT2D eigenvalue weighted by Crippen LogP contribution is 2.59. The smallest absolute Gasteiger partial charge is 0.0660 e. The van der Waals surface area contributed by atoms with Crippen molar-refractivity contribution in [2.45, 2.75) is 9.65 Å². The van der Waals surface area contributed by atoms with Gasteiger partial charge in [-0.05, 0) is 54.9 Å². The summed E-state index contributed by atoms with van der Waals surface area (Å²) in [6, 6.07) is 26.6. The normalized spacial score (nSPS) is 23.3. The maximum Gasteiger partial charge on any atom is 0.0660 e. The van der Waals surface area contributed by atoms with Gasteiger partial charge < -0.3 is 0 Å². The van der Waals surface area contributed by atoms with Gasteiger partial charge in [0.2, 0.25) is 0 Å². The highest BCUT2D eigenvalue weighted by molar-refractivity contribution is 9.09. The Morgan fingerprint density at radius 2 is 0.885 bits per heavy atom. The van der Waals surface area contributed by atoms with Crippen LogP contribution in [-0.2, 0) is 0 Å². The lowest BCUT2D eigenvalue weighted by Crippen LogP contribution is -1.94. The summed E-state index contributed by atoms with van der Waals surface area (Å²) >= 11 is 8.06. The first kappa shape index (κ1) is 15.2. The summed E-state index contributed by atoms with van der Waals surface area (Å²) in [5.74, 6) is 0. The maximum absolute atomic E-state index is 4.03. The van der Waals surface area contributed by atoms with Gasteiger partial charge in [-0.25, -0.2) is 0 Å². The van der Waals surface area contributed by atoms with E-state index in [0.717, 1.165) is 0 Å². The van der Waals surface area contributed by atoms with Gasteiger partial charge in [-0.1, -0.05) is 105 Å². The van der Waals surface area contributed by atoms with Crippen molar-refractivity contribution in [1.29, 1.82) is 0 Å². The Balaban J connectivity index is 1.76. The summed E-state index contributed by atoms with van der Waals surface area (Å²) in [6.45, 7) is 0. The van der Waals surface area contributed by atoms with E-state index in [1.807, 2.05) is 0 Å². The molecule has 2 aliphatic rings. The average Bonchev–Trinajstić information content (AvgIpc) is 3.11. The van der Waals surface area contributed by atoms with Gasteiger partial charge in [-0.3, -0.25) is 0 Å². The zero-order valence-corrected chi connectivity index (χ0v) is 17.0. The van der Waals surface area contributed by atoms with Crippen LogP contribution < -0.4 is 0 Å². The molecular weight excluding hydrogens is 448 g/mol. The van der Waals surface area contributed by atoms with Crippen molar-refractivity contribution in [1.82, 2.24) is 0 Å². The summed E-state index contributed by atoms with van der Waals surface area (Å²) in [6.07, 6.45) is 0. The van der Waals surface area contributed by atoms with Crippen LogP contribution in [-0.4, -0.2) is 0 Å². The average molecular weight is 462 g/mol. The second-order valence-corrected chi connectivity index (χ2v) is 8.89. The van der Waals surface area contributed by atoms with Crippen molar-refractivity contribution in [3.05, 3.63) is 95.1 Å². The molecule has 0 radical (unpaired) electrons. The lowest BCUT2D eigenvalue weighted by molar-refractivity contribution is 1.30. The molecule has 0 N–H and O–H groups in total. The molecular formula is C24H14Br2. The Hall–Kier alpha value is -1.90. The third kappa shape index (κ3) is 1.79. The number of benzene rings is 4. The molecule has 2 aliphatic carbocycles. The molecule has 124 valence electrons. The third-order valence-electron chi connectivity index (χ3n) is 5.80. The van der Waals surface area contributed by atoms with Crippen LogP contribution in [0.4, 0.5) is 0 Å². The van der Waals surface area contributed by atoms with Gasteiger partial charge in [-0.15, -0.1) is 0 Å². The van der Waals surface area contributed by atoms with Crippen LogP contribution in [0, 0.1) is 0 Å². The van der Waals surface area contributed by atoms with E-state index in [1.165, 1.54) is 54.9 Å². The minimum absolute atomic E-state index is 0.225. The largest absolute Gasteiger partial charge is 0.0786 e. The second kappa shape index (κ2) is 5.31. The number of halogens is 2. The summed E-state index contributed by atoms with van der Waals surface area (Å²) in [4.78, 5) is 0.450. The zero-order valence-electron chi connectivity index (χ0n) is 13.8. The third-order valence-corrected chi connectivity index (χ3v) is 7.70. The van der Waals surface area contributed by atoms with Crippen LogP contribution in [0.15, 0.2) is 72.8 Å². The molecule has 0 saturated carbocycles. The van der Waals surface area contributed by atoms with Crippen molar-refractivity contribution in [2.24, 2.45) is 0 Å². The van der Waals surface area contributed by atoms with Gasteiger partial charge in [0.15, 0.2) is 0 Å². The van der Waals surface area contributed by atoms with Gasteiger partial charge in [0.05, 0.1) is 9.65 Å². The van der Waals surface area contributed by atoms with Crippen LogP contribution in [0.5, 0.6) is 0 Å². The van der Waals surface area contributed by atoms with Gasteiger partial charge in [0.25, 0.3) is 0 Å². The van der Waals surface area contributed by atoms with E-state index in [4.69, 9.17) is 0 Å². The van der Waals surface area contributed by atoms with Crippen molar-refractivity contribution >= 4 is 64.6 Å². The van der Waals surface area contributed by atoms with E-state index in [-0.39, 0.29) is 9.65 Å². The molecule has 0 spiro atoms. The molecule has 0 heterocycles. The van der Waals surface area contributed by atoms with E-state index in [1.54, 1.807) is 0 Å². The van der Waals surface area contributed by atoms with Gasteiger partial charge in [0.1, 0.15) is 0 Å². The molecule has 2 atom stereocenters. The Kier molecular flexibility index (Phi) is 3.10. The quantitative estimate of drug-likeness (QED) is 0.234. The molecule has 0 fully saturated rings. The molecule has 0 nitrogen and oxygen atoms in total. The number of hydrogen-bond donors (Lipinski definition) is 0. The van der Waals surface area contributed by atoms with Crippen molar-refractivity contribution in [3.8, 4) is 0 Å². The molecule has 0 bridgehead atoms. The Bertz CT molecular complexity index is 1160. The summed E-state index contributed by atoms with van der Waals surface area (Å²) in [7, 11) is 0. The predicted octanol–water partition coefficient (Wildman–Crippen LogP) is 7.80. The summed E-state index contributed by atoms with van der Waals surface area (Å²) in [5.41, 5.74) is 8.30. The van der Waals surface area contributed by atoms with E-state index in [0.29, 0.717) is 0 Å². The molecule has 26 heavy (non-hydrogen) atoms. The molecule has 0 aliphatic heterocycles. The monoisotopic (exact) mass is 460 g/mol. The number of hydrogen-bond acceptors (Lipinski definition) is 0. The Labute approximate surface area is 168 Å². The molecule has 6 rings (SSSR count). The van der Waals surface area contributed by atoms with Crippen LogP contribution in [0.2, 0.25) is 0 Å². The first-order chi connectivity index (χ1) is 12.8. The number of allylic oxidation sites excluding steroid dienone is 2. The van der Waals surface area contributed by atoms with Crippen molar-refractivity contribution < 1.29 is 0 Å². The lowest BCUT2D eigenvalue weighted by Gasteiger charge is -2.15. The van der Waals surface area contributed by atoms with E-state index >= 15 is 0 Å². The first-order valence-corrected chi connectivity index (χ1v) is 10.6. The van der Waals surface area contributed by atoms with Gasteiger partial charge >= 0.3 is 0 Å². The molecule has 0 aromatic heterocycles. The Morgan fingerprint density at radius 3 is 1.31 bits per heavy atom. The maximum atomic E-state index is 4.03. The van der Waals surface area contributed by atoms with Crippen molar-refractivity contribution in [2.75, 3.05) is 0 Å². The zero-order chi connectivity index (χ0) is 17.4. The van der Waals surface area contributed by atoms with E-state index < -0.39 is 0 Å². The van der Waals surface area contributed by atoms with E-state index in [2.05, 4.69) is 105 Å². The minimum atomic E-state index is 0.225. The van der Waals surface area contributed by atoms with Gasteiger partial charge in [-0.2, -0.15) is 0 Å². The molecule has 4 aromatic rings.